The van der Waals surface area contributed by atoms with Crippen LogP contribution in [0.15, 0.2) is 12.7 Å². The molecule has 0 saturated carbocycles. The lowest BCUT2D eigenvalue weighted by atomic mass is 10.2. The molecule has 19 heavy (non-hydrogen) atoms. The molecule has 1 saturated heterocycles. The Morgan fingerprint density at radius 2 is 2.05 bits per heavy atom. The van der Waals surface area contributed by atoms with Gasteiger partial charge in [0.2, 0.25) is 0 Å². The highest BCUT2D eigenvalue weighted by atomic mass is 16.5. The standard InChI is InChI=1S/C14H26N2O3/c1-3-4-6-13(17)11-15-7-5-8-16(10-9-15)12-14(18)19-2/h3,13,17H,1,4-12H2,2H3. The van der Waals surface area contributed by atoms with E-state index in [1.54, 1.807) is 0 Å². The first-order chi connectivity index (χ1) is 9.15. The smallest absolute Gasteiger partial charge is 0.319 e. The zero-order valence-corrected chi connectivity index (χ0v) is 11.9. The van der Waals surface area contributed by atoms with Crippen molar-refractivity contribution in [1.29, 1.82) is 0 Å². The second-order valence-corrected chi connectivity index (χ2v) is 5.03. The van der Waals surface area contributed by atoms with Gasteiger partial charge in [-0.2, -0.15) is 0 Å². The molecule has 1 N–H and O–H groups in total. The van der Waals surface area contributed by atoms with E-state index < -0.39 is 0 Å². The molecule has 1 aliphatic rings. The third-order valence-electron chi connectivity index (χ3n) is 3.43. The highest BCUT2D eigenvalue weighted by Crippen LogP contribution is 2.06. The van der Waals surface area contributed by atoms with Gasteiger partial charge >= 0.3 is 5.97 Å². The van der Waals surface area contributed by atoms with E-state index in [0.29, 0.717) is 13.1 Å². The second kappa shape index (κ2) is 9.07. The minimum atomic E-state index is -0.287. The van der Waals surface area contributed by atoms with E-state index in [0.717, 1.165) is 45.4 Å². The summed E-state index contributed by atoms with van der Waals surface area (Å²) in [5.41, 5.74) is 0. The molecule has 0 amide bonds. The van der Waals surface area contributed by atoms with Gasteiger partial charge in [-0.15, -0.1) is 6.58 Å². The van der Waals surface area contributed by atoms with E-state index >= 15 is 0 Å². The van der Waals surface area contributed by atoms with Gasteiger partial charge in [0.25, 0.3) is 0 Å². The molecule has 0 bridgehead atoms. The fourth-order valence-electron chi connectivity index (χ4n) is 2.31. The molecule has 1 fully saturated rings. The van der Waals surface area contributed by atoms with E-state index in [2.05, 4.69) is 21.1 Å². The number of aliphatic hydroxyl groups excluding tert-OH is 1. The number of β-amino-alcohol motifs (C(OH)–C–C–N with tert-alkyl or cyclic N) is 1. The van der Waals surface area contributed by atoms with Crippen LogP contribution in [0.5, 0.6) is 0 Å². The number of carbonyl (C=O) groups is 1. The Labute approximate surface area is 115 Å². The third-order valence-corrected chi connectivity index (χ3v) is 3.43. The lowest BCUT2D eigenvalue weighted by Crippen LogP contribution is -2.37. The largest absolute Gasteiger partial charge is 0.468 e. The number of nitrogens with zero attached hydrogens (tertiary/aromatic N) is 2. The molecule has 110 valence electrons. The van der Waals surface area contributed by atoms with E-state index in [9.17, 15) is 9.90 Å². The second-order valence-electron chi connectivity index (χ2n) is 5.03. The van der Waals surface area contributed by atoms with E-state index in [4.69, 9.17) is 0 Å². The van der Waals surface area contributed by atoms with Gasteiger partial charge < -0.3 is 9.84 Å². The lowest BCUT2D eigenvalue weighted by Gasteiger charge is -2.23. The Kier molecular flexibility index (Phi) is 7.70. The molecule has 0 spiro atoms. The molecule has 0 aromatic heterocycles. The van der Waals surface area contributed by atoms with Crippen LogP contribution in [0.25, 0.3) is 0 Å². The monoisotopic (exact) mass is 270 g/mol. The van der Waals surface area contributed by atoms with Gasteiger partial charge in [-0.3, -0.25) is 14.6 Å². The van der Waals surface area contributed by atoms with Crippen molar-refractivity contribution in [3.63, 3.8) is 0 Å². The summed E-state index contributed by atoms with van der Waals surface area (Å²) in [4.78, 5) is 15.6. The molecule has 1 unspecified atom stereocenters. The Morgan fingerprint density at radius 1 is 1.37 bits per heavy atom. The molecule has 1 aliphatic heterocycles. The topological polar surface area (TPSA) is 53.0 Å². The fraction of sp³-hybridized carbons (Fsp3) is 0.786. The molecular weight excluding hydrogens is 244 g/mol. The molecule has 0 radical (unpaired) electrons. The predicted molar refractivity (Wildman–Crippen MR) is 75.0 cm³/mol. The van der Waals surface area contributed by atoms with Gasteiger partial charge in [0.15, 0.2) is 0 Å². The molecule has 0 aromatic rings. The fourth-order valence-corrected chi connectivity index (χ4v) is 2.31. The molecule has 1 heterocycles. The molecule has 5 heteroatoms. The summed E-state index contributed by atoms with van der Waals surface area (Å²) in [5, 5.41) is 9.90. The van der Waals surface area contributed by atoms with Gasteiger partial charge in [0, 0.05) is 26.2 Å². The molecule has 0 aliphatic carbocycles. The van der Waals surface area contributed by atoms with Crippen molar-refractivity contribution in [1.82, 2.24) is 9.80 Å². The summed E-state index contributed by atoms with van der Waals surface area (Å²) >= 11 is 0. The number of allylic oxidation sites excluding steroid dienone is 1. The van der Waals surface area contributed by atoms with Crippen molar-refractivity contribution in [3.8, 4) is 0 Å². The quantitative estimate of drug-likeness (QED) is 0.539. The number of hydrogen-bond donors (Lipinski definition) is 1. The first-order valence-electron chi connectivity index (χ1n) is 6.96. The predicted octanol–water partition coefficient (Wildman–Crippen LogP) is 0.494. The first-order valence-corrected chi connectivity index (χ1v) is 6.96. The normalized spacial score (nSPS) is 19.7. The SMILES string of the molecule is C=CCCC(O)CN1CCCN(CC(=O)OC)CC1. The lowest BCUT2D eigenvalue weighted by molar-refractivity contribution is -0.141. The highest BCUT2D eigenvalue weighted by Gasteiger charge is 2.18. The van der Waals surface area contributed by atoms with Gasteiger partial charge in [0.1, 0.15) is 0 Å². The van der Waals surface area contributed by atoms with E-state index in [1.165, 1.54) is 7.11 Å². The average molecular weight is 270 g/mol. The number of aliphatic hydroxyl groups is 1. The summed E-state index contributed by atoms with van der Waals surface area (Å²) < 4.78 is 4.69. The zero-order chi connectivity index (χ0) is 14.1. The molecule has 1 rings (SSSR count). The maximum atomic E-state index is 11.2. The van der Waals surface area contributed by atoms with Crippen molar-refractivity contribution in [3.05, 3.63) is 12.7 Å². The van der Waals surface area contributed by atoms with Crippen LogP contribution in [-0.4, -0.2) is 73.4 Å². The zero-order valence-electron chi connectivity index (χ0n) is 11.9. The molecule has 5 nitrogen and oxygen atoms in total. The summed E-state index contributed by atoms with van der Waals surface area (Å²) in [6, 6.07) is 0. The average Bonchev–Trinajstić information content (AvgIpc) is 2.62. The van der Waals surface area contributed by atoms with Crippen LogP contribution in [-0.2, 0) is 9.53 Å². The minimum absolute atomic E-state index is 0.181. The Morgan fingerprint density at radius 3 is 2.74 bits per heavy atom. The molecular formula is C14H26N2O3. The first kappa shape index (κ1) is 16.1. The van der Waals surface area contributed by atoms with E-state index in [-0.39, 0.29) is 12.1 Å². The van der Waals surface area contributed by atoms with Crippen molar-refractivity contribution >= 4 is 5.97 Å². The van der Waals surface area contributed by atoms with Crippen LogP contribution in [0.4, 0.5) is 0 Å². The van der Waals surface area contributed by atoms with Crippen LogP contribution in [0.2, 0.25) is 0 Å². The number of hydrogen-bond acceptors (Lipinski definition) is 5. The van der Waals surface area contributed by atoms with Gasteiger partial charge in [-0.25, -0.2) is 0 Å². The van der Waals surface area contributed by atoms with Crippen LogP contribution in [0.3, 0.4) is 0 Å². The van der Waals surface area contributed by atoms with Gasteiger partial charge in [-0.05, 0) is 25.8 Å². The number of ether oxygens (including phenoxy) is 1. The number of esters is 1. The van der Waals surface area contributed by atoms with E-state index in [1.807, 2.05) is 6.08 Å². The van der Waals surface area contributed by atoms with Crippen molar-refractivity contribution < 1.29 is 14.6 Å². The summed E-state index contributed by atoms with van der Waals surface area (Å²) in [6.07, 6.45) is 4.19. The number of methoxy groups -OCH3 is 1. The summed E-state index contributed by atoms with van der Waals surface area (Å²) in [5.74, 6) is -0.181. The molecule has 0 aromatic carbocycles. The van der Waals surface area contributed by atoms with Crippen molar-refractivity contribution in [2.75, 3.05) is 46.4 Å². The van der Waals surface area contributed by atoms with Crippen LogP contribution < -0.4 is 0 Å². The summed E-state index contributed by atoms with van der Waals surface area (Å²) in [7, 11) is 1.42. The molecule has 1 atom stereocenters. The highest BCUT2D eigenvalue weighted by molar-refractivity contribution is 5.71. The maximum Gasteiger partial charge on any atom is 0.319 e. The number of rotatable bonds is 7. The van der Waals surface area contributed by atoms with Crippen LogP contribution in [0, 0.1) is 0 Å². The van der Waals surface area contributed by atoms with Gasteiger partial charge in [-0.1, -0.05) is 6.08 Å². The Hall–Kier alpha value is -0.910. The third kappa shape index (κ3) is 6.71. The van der Waals surface area contributed by atoms with Crippen LogP contribution >= 0.6 is 0 Å². The maximum absolute atomic E-state index is 11.2. The van der Waals surface area contributed by atoms with Gasteiger partial charge in [0.05, 0.1) is 19.8 Å². The minimum Gasteiger partial charge on any atom is -0.468 e. The van der Waals surface area contributed by atoms with Crippen LogP contribution in [0.1, 0.15) is 19.3 Å². The van der Waals surface area contributed by atoms with Crippen molar-refractivity contribution in [2.24, 2.45) is 0 Å². The van der Waals surface area contributed by atoms with Crippen molar-refractivity contribution in [2.45, 2.75) is 25.4 Å². The summed E-state index contributed by atoms with van der Waals surface area (Å²) in [6.45, 7) is 8.37. The number of carbonyl (C=O) groups excluding carboxylic acids is 1. The Bertz CT molecular complexity index is 284. The Balaban J connectivity index is 2.28.